The van der Waals surface area contributed by atoms with Gasteiger partial charge in [-0.2, -0.15) is 0 Å². The molecule has 152 valence electrons. The van der Waals surface area contributed by atoms with Crippen LogP contribution in [0.3, 0.4) is 0 Å². The van der Waals surface area contributed by atoms with Gasteiger partial charge in [0.15, 0.2) is 17.5 Å². The van der Waals surface area contributed by atoms with Crippen LogP contribution in [0.15, 0.2) is 47.5 Å². The highest BCUT2D eigenvalue weighted by Crippen LogP contribution is 2.29. The summed E-state index contributed by atoms with van der Waals surface area (Å²) in [6.07, 6.45) is 0.683. The molecule has 1 amide bonds. The third-order valence-corrected chi connectivity index (χ3v) is 3.92. The summed E-state index contributed by atoms with van der Waals surface area (Å²) >= 11 is 0. The number of guanidine groups is 1. The third-order valence-electron chi connectivity index (χ3n) is 3.92. The number of ether oxygens (including phenoxy) is 2. The van der Waals surface area contributed by atoms with Crippen molar-refractivity contribution in [3.05, 3.63) is 53.6 Å². The number of rotatable bonds is 7. The van der Waals surface area contributed by atoms with Crippen molar-refractivity contribution in [3.8, 4) is 11.5 Å². The summed E-state index contributed by atoms with van der Waals surface area (Å²) < 4.78 is 10.5. The molecule has 7 nitrogen and oxygen atoms in total. The van der Waals surface area contributed by atoms with E-state index in [1.807, 2.05) is 30.3 Å². The first kappa shape index (κ1) is 23.5. The van der Waals surface area contributed by atoms with E-state index in [2.05, 4.69) is 10.3 Å². The zero-order valence-electron chi connectivity index (χ0n) is 16.6. The molecule has 0 aliphatic carbocycles. The summed E-state index contributed by atoms with van der Waals surface area (Å²) in [6.45, 7) is 0.506. The lowest BCUT2D eigenvalue weighted by molar-refractivity contribution is 0.0827. The van der Waals surface area contributed by atoms with E-state index in [4.69, 9.17) is 15.2 Å². The number of nitrogens with one attached hydrogen (secondary N) is 1. The van der Waals surface area contributed by atoms with E-state index in [9.17, 15) is 4.79 Å². The van der Waals surface area contributed by atoms with Crippen molar-refractivity contribution in [2.24, 2.45) is 10.7 Å². The monoisotopic (exact) mass is 498 g/mol. The molecule has 2 aromatic rings. The zero-order chi connectivity index (χ0) is 19.8. The topological polar surface area (TPSA) is 89.2 Å². The molecule has 0 heterocycles. The van der Waals surface area contributed by atoms with Gasteiger partial charge in [-0.25, -0.2) is 0 Å². The predicted molar refractivity (Wildman–Crippen MR) is 123 cm³/mol. The fraction of sp³-hybridized carbons (Fsp3) is 0.300. The van der Waals surface area contributed by atoms with Gasteiger partial charge >= 0.3 is 0 Å². The second-order valence-corrected chi connectivity index (χ2v) is 6.11. The average Bonchev–Trinajstić information content (AvgIpc) is 2.67. The number of halogens is 1. The molecule has 0 fully saturated rings. The number of nitrogens with two attached hydrogens (primary N) is 1. The largest absolute Gasteiger partial charge is 0.493 e. The van der Waals surface area contributed by atoms with Crippen LogP contribution < -0.4 is 20.5 Å². The molecule has 0 aliphatic rings. The number of hydrogen-bond donors (Lipinski definition) is 2. The number of nitrogens with zero attached hydrogens (tertiary/aromatic N) is 2. The van der Waals surface area contributed by atoms with E-state index >= 15 is 0 Å². The smallest absolute Gasteiger partial charge is 0.253 e. The van der Waals surface area contributed by atoms with Crippen LogP contribution in [0, 0.1) is 0 Å². The number of hydrogen-bond acceptors (Lipinski definition) is 4. The minimum Gasteiger partial charge on any atom is -0.493 e. The highest BCUT2D eigenvalue weighted by atomic mass is 127. The molecule has 0 saturated heterocycles. The Morgan fingerprint density at radius 2 is 1.82 bits per heavy atom. The number of methoxy groups -OCH3 is 2. The summed E-state index contributed by atoms with van der Waals surface area (Å²) in [5.41, 5.74) is 8.41. The van der Waals surface area contributed by atoms with Crippen molar-refractivity contribution in [2.45, 2.75) is 6.42 Å². The van der Waals surface area contributed by atoms with Crippen molar-refractivity contribution in [2.75, 3.05) is 40.2 Å². The van der Waals surface area contributed by atoms with Gasteiger partial charge in [-0.05, 0) is 36.2 Å². The molecule has 0 spiro atoms. The second kappa shape index (κ2) is 11.4. The van der Waals surface area contributed by atoms with Crippen LogP contribution in [0.4, 0.5) is 5.69 Å². The molecule has 2 rings (SSSR count). The number of carbonyl (C=O) groups excluding carboxylic acids is 1. The van der Waals surface area contributed by atoms with Crippen LogP contribution in [0.5, 0.6) is 11.5 Å². The van der Waals surface area contributed by atoms with E-state index in [1.165, 1.54) is 0 Å². The zero-order valence-corrected chi connectivity index (χ0v) is 18.9. The Bertz CT molecular complexity index is 825. The fourth-order valence-corrected chi connectivity index (χ4v) is 2.52. The van der Waals surface area contributed by atoms with Gasteiger partial charge in [-0.3, -0.25) is 9.79 Å². The molecule has 0 bridgehead atoms. The van der Waals surface area contributed by atoms with Crippen molar-refractivity contribution >= 4 is 41.5 Å². The van der Waals surface area contributed by atoms with Gasteiger partial charge < -0.3 is 25.4 Å². The third kappa shape index (κ3) is 6.59. The quantitative estimate of drug-likeness (QED) is 0.348. The minimum atomic E-state index is -0.0185. The molecular weight excluding hydrogens is 471 g/mol. The predicted octanol–water partition coefficient (Wildman–Crippen LogP) is 2.99. The van der Waals surface area contributed by atoms with Crippen LogP contribution in [0.2, 0.25) is 0 Å². The van der Waals surface area contributed by atoms with Gasteiger partial charge in [0.1, 0.15) is 0 Å². The van der Waals surface area contributed by atoms with Gasteiger partial charge in [-0.15, -0.1) is 24.0 Å². The molecule has 0 aliphatic heterocycles. The first-order valence-electron chi connectivity index (χ1n) is 8.54. The van der Waals surface area contributed by atoms with Crippen molar-refractivity contribution < 1.29 is 14.3 Å². The number of aliphatic imine (C=N–C) groups is 1. The standard InChI is InChI=1S/C20H26N4O3.HI/c1-24(2)19(25)15-7-5-6-14(12-15)10-11-22-20(21)23-16-8-9-17(26-3)18(13-16)27-4;/h5-9,12-13H,10-11H2,1-4H3,(H3,21,22,23);1H. The Hall–Kier alpha value is -2.49. The Kier molecular flexibility index (Phi) is 9.57. The van der Waals surface area contributed by atoms with Gasteiger partial charge in [0.05, 0.1) is 14.2 Å². The number of benzene rings is 2. The van der Waals surface area contributed by atoms with Crippen molar-refractivity contribution in [1.82, 2.24) is 4.90 Å². The number of anilines is 1. The van der Waals surface area contributed by atoms with Gasteiger partial charge in [0.2, 0.25) is 0 Å². The van der Waals surface area contributed by atoms with E-state index in [1.54, 1.807) is 45.3 Å². The lowest BCUT2D eigenvalue weighted by Crippen LogP contribution is -2.23. The molecule has 2 aromatic carbocycles. The van der Waals surface area contributed by atoms with Gasteiger partial charge in [-0.1, -0.05) is 12.1 Å². The highest BCUT2D eigenvalue weighted by molar-refractivity contribution is 14.0. The highest BCUT2D eigenvalue weighted by Gasteiger charge is 2.08. The Morgan fingerprint density at radius 3 is 2.46 bits per heavy atom. The lowest BCUT2D eigenvalue weighted by atomic mass is 10.1. The maximum Gasteiger partial charge on any atom is 0.253 e. The molecule has 0 radical (unpaired) electrons. The second-order valence-electron chi connectivity index (χ2n) is 6.11. The molecule has 0 aromatic heterocycles. The fourth-order valence-electron chi connectivity index (χ4n) is 2.52. The SMILES string of the molecule is COc1ccc(NC(N)=NCCc2cccc(C(=O)N(C)C)c2)cc1OC.I. The van der Waals surface area contributed by atoms with Crippen molar-refractivity contribution in [3.63, 3.8) is 0 Å². The van der Waals surface area contributed by atoms with E-state index in [-0.39, 0.29) is 29.9 Å². The maximum atomic E-state index is 12.0. The first-order valence-corrected chi connectivity index (χ1v) is 8.54. The summed E-state index contributed by atoms with van der Waals surface area (Å²) in [6, 6.07) is 13.0. The van der Waals surface area contributed by atoms with Gasteiger partial charge in [0.25, 0.3) is 5.91 Å². The van der Waals surface area contributed by atoms with Crippen LogP contribution >= 0.6 is 24.0 Å². The summed E-state index contributed by atoms with van der Waals surface area (Å²) in [7, 11) is 6.63. The molecular formula is C20H27IN4O3. The average molecular weight is 498 g/mol. The van der Waals surface area contributed by atoms with Crippen LogP contribution in [-0.4, -0.2) is 51.6 Å². The molecule has 0 unspecified atom stereocenters. The summed E-state index contributed by atoms with van der Waals surface area (Å²) in [5, 5.41) is 3.03. The lowest BCUT2D eigenvalue weighted by Gasteiger charge is -2.11. The van der Waals surface area contributed by atoms with Crippen LogP contribution in [-0.2, 0) is 6.42 Å². The van der Waals surface area contributed by atoms with E-state index < -0.39 is 0 Å². The van der Waals surface area contributed by atoms with Crippen molar-refractivity contribution in [1.29, 1.82) is 0 Å². The normalized spacial score (nSPS) is 10.6. The van der Waals surface area contributed by atoms with Crippen LogP contribution in [0.25, 0.3) is 0 Å². The molecule has 0 saturated carbocycles. The maximum absolute atomic E-state index is 12.0. The molecule has 0 atom stereocenters. The van der Waals surface area contributed by atoms with Crippen LogP contribution in [0.1, 0.15) is 15.9 Å². The molecule has 28 heavy (non-hydrogen) atoms. The number of amides is 1. The molecule has 8 heteroatoms. The first-order chi connectivity index (χ1) is 12.9. The number of carbonyl (C=O) groups is 1. The summed E-state index contributed by atoms with van der Waals surface area (Å²) in [5.74, 6) is 1.54. The minimum absolute atomic E-state index is 0. The van der Waals surface area contributed by atoms with E-state index in [0.717, 1.165) is 11.3 Å². The Labute approximate surface area is 182 Å². The molecule has 3 N–H and O–H groups in total. The van der Waals surface area contributed by atoms with E-state index in [0.29, 0.717) is 36.0 Å². The summed E-state index contributed by atoms with van der Waals surface area (Å²) in [4.78, 5) is 17.9. The Morgan fingerprint density at radius 1 is 1.11 bits per heavy atom. The Balaban J connectivity index is 0.00000392. The van der Waals surface area contributed by atoms with Gasteiger partial charge in [0, 0.05) is 38.0 Å².